The highest BCUT2D eigenvalue weighted by molar-refractivity contribution is 5.14. The maximum atomic E-state index is 5.37. The van der Waals surface area contributed by atoms with E-state index in [9.17, 15) is 0 Å². The molecule has 1 heterocycles. The van der Waals surface area contributed by atoms with Gasteiger partial charge in [-0.15, -0.1) is 0 Å². The van der Waals surface area contributed by atoms with Gasteiger partial charge in [-0.25, -0.2) is 9.78 Å². The number of piperidine rings is 1. The Balaban J connectivity index is 1.73. The van der Waals surface area contributed by atoms with Crippen LogP contribution in [0.25, 0.3) is 0 Å². The van der Waals surface area contributed by atoms with Crippen LogP contribution < -0.4 is 0 Å². The van der Waals surface area contributed by atoms with Gasteiger partial charge >= 0.3 is 0 Å². The van der Waals surface area contributed by atoms with E-state index in [0.29, 0.717) is 12.5 Å². The third-order valence-electron chi connectivity index (χ3n) is 3.88. The highest BCUT2D eigenvalue weighted by Gasteiger charge is 2.24. The van der Waals surface area contributed by atoms with Crippen LogP contribution in [-0.4, -0.2) is 30.7 Å². The lowest BCUT2D eigenvalue weighted by Gasteiger charge is -2.34. The van der Waals surface area contributed by atoms with E-state index in [1.165, 1.54) is 18.4 Å². The first-order valence-corrected chi connectivity index (χ1v) is 7.34. The molecule has 1 atom stereocenters. The maximum absolute atomic E-state index is 5.37. The first-order chi connectivity index (χ1) is 9.29. The molecule has 3 heteroatoms. The Morgan fingerprint density at radius 3 is 2.53 bits per heavy atom. The molecule has 1 aliphatic rings. The van der Waals surface area contributed by atoms with Crippen molar-refractivity contribution in [3.63, 3.8) is 0 Å². The molecule has 0 N–H and O–H groups in total. The summed E-state index contributed by atoms with van der Waals surface area (Å²) in [6.07, 6.45) is 2.60. The molecule has 19 heavy (non-hydrogen) atoms. The molecular weight excluding hydrogens is 238 g/mol. The standard InChI is InChI=1S/C16H25NO2/c1-3-18-19-14(2)16-9-11-17(12-10-16)13-15-7-5-4-6-8-15/h4-8,14,16H,3,9-13H2,1-2H3. The summed E-state index contributed by atoms with van der Waals surface area (Å²) in [4.78, 5) is 13.0. The van der Waals surface area contributed by atoms with Crippen molar-refractivity contribution in [1.29, 1.82) is 0 Å². The third kappa shape index (κ3) is 4.60. The normalized spacial score (nSPS) is 19.5. The van der Waals surface area contributed by atoms with Gasteiger partial charge in [0.05, 0.1) is 12.7 Å². The van der Waals surface area contributed by atoms with Crippen molar-refractivity contribution in [2.45, 2.75) is 39.3 Å². The molecule has 2 rings (SSSR count). The molecule has 0 bridgehead atoms. The van der Waals surface area contributed by atoms with E-state index in [4.69, 9.17) is 9.78 Å². The van der Waals surface area contributed by atoms with Crippen molar-refractivity contribution in [2.24, 2.45) is 5.92 Å². The summed E-state index contributed by atoms with van der Waals surface area (Å²) in [5.41, 5.74) is 1.40. The monoisotopic (exact) mass is 263 g/mol. The lowest BCUT2D eigenvalue weighted by atomic mass is 9.92. The first kappa shape index (κ1) is 14.5. The van der Waals surface area contributed by atoms with Gasteiger partial charge in [0, 0.05) is 6.54 Å². The van der Waals surface area contributed by atoms with Crippen LogP contribution in [-0.2, 0) is 16.3 Å². The van der Waals surface area contributed by atoms with Crippen molar-refractivity contribution in [3.8, 4) is 0 Å². The zero-order valence-electron chi connectivity index (χ0n) is 12.0. The molecule has 0 aliphatic carbocycles. The van der Waals surface area contributed by atoms with E-state index in [-0.39, 0.29) is 6.10 Å². The number of hydrogen-bond donors (Lipinski definition) is 0. The van der Waals surface area contributed by atoms with Crippen LogP contribution in [0.3, 0.4) is 0 Å². The van der Waals surface area contributed by atoms with E-state index in [0.717, 1.165) is 19.6 Å². The number of hydrogen-bond acceptors (Lipinski definition) is 3. The second kappa shape index (κ2) is 7.63. The van der Waals surface area contributed by atoms with Crippen LogP contribution in [0.4, 0.5) is 0 Å². The minimum atomic E-state index is 0.207. The minimum absolute atomic E-state index is 0.207. The number of likely N-dealkylation sites (tertiary alicyclic amines) is 1. The summed E-state index contributed by atoms with van der Waals surface area (Å²) in [6, 6.07) is 10.7. The van der Waals surface area contributed by atoms with Crippen LogP contribution in [0.5, 0.6) is 0 Å². The highest BCUT2D eigenvalue weighted by atomic mass is 17.2. The second-order valence-electron chi connectivity index (χ2n) is 5.31. The summed E-state index contributed by atoms with van der Waals surface area (Å²) in [6.45, 7) is 8.06. The molecule has 1 aromatic carbocycles. The fourth-order valence-electron chi connectivity index (χ4n) is 2.68. The molecule has 1 aromatic rings. The molecule has 1 fully saturated rings. The molecule has 0 amide bonds. The molecule has 3 nitrogen and oxygen atoms in total. The summed E-state index contributed by atoms with van der Waals surface area (Å²) in [5.74, 6) is 0.624. The Bertz CT molecular complexity index is 347. The van der Waals surface area contributed by atoms with E-state index in [2.05, 4.69) is 42.2 Å². The Morgan fingerprint density at radius 2 is 1.89 bits per heavy atom. The molecule has 0 saturated carbocycles. The zero-order chi connectivity index (χ0) is 13.5. The first-order valence-electron chi connectivity index (χ1n) is 7.34. The van der Waals surface area contributed by atoms with E-state index in [1.54, 1.807) is 0 Å². The maximum Gasteiger partial charge on any atom is 0.0930 e. The summed E-state index contributed by atoms with van der Waals surface area (Å²) >= 11 is 0. The molecule has 1 aliphatic heterocycles. The van der Waals surface area contributed by atoms with Crippen molar-refractivity contribution < 1.29 is 9.78 Å². The van der Waals surface area contributed by atoms with Crippen LogP contribution in [0.1, 0.15) is 32.3 Å². The van der Waals surface area contributed by atoms with Crippen molar-refractivity contribution in [2.75, 3.05) is 19.7 Å². The van der Waals surface area contributed by atoms with Gasteiger partial charge in [-0.2, -0.15) is 0 Å². The van der Waals surface area contributed by atoms with Crippen LogP contribution in [0, 0.1) is 5.92 Å². The molecule has 106 valence electrons. The van der Waals surface area contributed by atoms with E-state index in [1.807, 2.05) is 6.92 Å². The summed E-state index contributed by atoms with van der Waals surface area (Å²) in [5, 5.41) is 0. The van der Waals surface area contributed by atoms with Crippen LogP contribution >= 0.6 is 0 Å². The van der Waals surface area contributed by atoms with Gasteiger partial charge in [-0.1, -0.05) is 30.3 Å². The average molecular weight is 263 g/mol. The lowest BCUT2D eigenvalue weighted by Crippen LogP contribution is -2.37. The van der Waals surface area contributed by atoms with Crippen molar-refractivity contribution in [1.82, 2.24) is 4.90 Å². The molecule has 0 spiro atoms. The van der Waals surface area contributed by atoms with Gasteiger partial charge in [-0.05, 0) is 51.3 Å². The Kier molecular flexibility index (Phi) is 5.83. The topological polar surface area (TPSA) is 21.7 Å². The number of nitrogens with zero attached hydrogens (tertiary/aromatic N) is 1. The van der Waals surface area contributed by atoms with Gasteiger partial charge < -0.3 is 0 Å². The fourth-order valence-corrected chi connectivity index (χ4v) is 2.68. The van der Waals surface area contributed by atoms with Crippen LogP contribution in [0.15, 0.2) is 30.3 Å². The van der Waals surface area contributed by atoms with Crippen molar-refractivity contribution in [3.05, 3.63) is 35.9 Å². The van der Waals surface area contributed by atoms with E-state index >= 15 is 0 Å². The third-order valence-corrected chi connectivity index (χ3v) is 3.88. The smallest absolute Gasteiger partial charge is 0.0930 e. The van der Waals surface area contributed by atoms with Crippen LogP contribution in [0.2, 0.25) is 0 Å². The van der Waals surface area contributed by atoms with Gasteiger partial charge in [0.1, 0.15) is 0 Å². The average Bonchev–Trinajstić information content (AvgIpc) is 2.46. The predicted molar refractivity (Wildman–Crippen MR) is 76.6 cm³/mol. The fraction of sp³-hybridized carbons (Fsp3) is 0.625. The molecular formula is C16H25NO2. The predicted octanol–water partition coefficient (Wildman–Crippen LogP) is 3.26. The molecule has 1 saturated heterocycles. The molecule has 1 unspecified atom stereocenters. The lowest BCUT2D eigenvalue weighted by molar-refractivity contribution is -0.328. The van der Waals surface area contributed by atoms with Gasteiger partial charge in [0.25, 0.3) is 0 Å². The SMILES string of the molecule is CCOOC(C)C1CCN(Cc2ccccc2)CC1. The quantitative estimate of drug-likeness (QED) is 0.581. The Hall–Kier alpha value is -0.900. The Morgan fingerprint density at radius 1 is 1.21 bits per heavy atom. The molecule has 0 aromatic heterocycles. The minimum Gasteiger partial charge on any atom is -0.299 e. The summed E-state index contributed by atoms with van der Waals surface area (Å²) in [7, 11) is 0. The van der Waals surface area contributed by atoms with Crippen molar-refractivity contribution >= 4 is 0 Å². The Labute approximate surface area is 116 Å². The second-order valence-corrected chi connectivity index (χ2v) is 5.31. The van der Waals surface area contributed by atoms with Gasteiger partial charge in [0.2, 0.25) is 0 Å². The number of rotatable bonds is 6. The van der Waals surface area contributed by atoms with Gasteiger partial charge in [0.15, 0.2) is 0 Å². The number of benzene rings is 1. The van der Waals surface area contributed by atoms with Gasteiger partial charge in [-0.3, -0.25) is 4.90 Å². The largest absolute Gasteiger partial charge is 0.299 e. The molecule has 0 radical (unpaired) electrons. The van der Waals surface area contributed by atoms with E-state index < -0.39 is 0 Å². The zero-order valence-corrected chi connectivity index (χ0v) is 12.0. The summed E-state index contributed by atoms with van der Waals surface area (Å²) < 4.78 is 0. The highest BCUT2D eigenvalue weighted by Crippen LogP contribution is 2.23.